The van der Waals surface area contributed by atoms with Crippen LogP contribution in [0.25, 0.3) is 0 Å². The van der Waals surface area contributed by atoms with Crippen LogP contribution in [0.3, 0.4) is 0 Å². The number of carbonyl (C=O) groups excluding carboxylic acids is 1. The van der Waals surface area contributed by atoms with Crippen molar-refractivity contribution in [3.63, 3.8) is 0 Å². The van der Waals surface area contributed by atoms with Crippen molar-refractivity contribution < 1.29 is 95.0 Å². The van der Waals surface area contributed by atoms with Crippen molar-refractivity contribution in [1.82, 2.24) is 0 Å². The number of carbonyl (C=O) groups is 1. The molecule has 0 radical (unpaired) electrons. The summed E-state index contributed by atoms with van der Waals surface area (Å²) >= 11 is 0. The van der Waals surface area contributed by atoms with Gasteiger partial charge in [-0.1, -0.05) is 0 Å². The summed E-state index contributed by atoms with van der Waals surface area (Å²) in [6.07, 6.45) is -2.14. The molecule has 0 bridgehead atoms. The molecule has 0 saturated carbocycles. The Bertz CT molecular complexity index is 236. The van der Waals surface area contributed by atoms with Crippen LogP contribution in [0.15, 0.2) is 0 Å². The van der Waals surface area contributed by atoms with Gasteiger partial charge in [-0.2, -0.15) is 0 Å². The van der Waals surface area contributed by atoms with Gasteiger partial charge in [0.25, 0.3) is 0 Å². The molecule has 0 aromatic heterocycles. The molecular weight excluding hydrogens is 400 g/mol. The molecule has 0 aliphatic heterocycles. The fourth-order valence-corrected chi connectivity index (χ4v) is 0.733. The molecule has 0 rings (SSSR count). The van der Waals surface area contributed by atoms with Crippen molar-refractivity contribution in [2.45, 2.75) is 0 Å². The van der Waals surface area contributed by atoms with Gasteiger partial charge in [-0.15, -0.1) is 0 Å². The van der Waals surface area contributed by atoms with E-state index in [1.54, 1.807) is 0 Å². The van der Waals surface area contributed by atoms with Crippen LogP contribution < -0.4 is 0 Å². The molecule has 0 saturated heterocycles. The van der Waals surface area contributed by atoms with Gasteiger partial charge < -0.3 is 9.05 Å². The molecule has 0 unspecified atom stereocenters. The Labute approximate surface area is 116 Å². The molecule has 14 heavy (non-hydrogen) atoms. The maximum Gasteiger partial charge on any atom is 0.529 e. The molecule has 0 heterocycles. The molecule has 0 aliphatic carbocycles. The molecule has 0 aromatic rings. The summed E-state index contributed by atoms with van der Waals surface area (Å²) in [5.74, 6) is 0. The molecule has 0 fully saturated rings. The zero-order valence-electron chi connectivity index (χ0n) is 6.22. The van der Waals surface area contributed by atoms with E-state index in [0.717, 1.165) is 0 Å². The average molecular weight is 404 g/mol. The Balaban J connectivity index is -0.000000605. The van der Waals surface area contributed by atoms with E-state index in [9.17, 15) is 13.9 Å². The minimum Gasteiger partial charge on any atom is -0.337 e. The first-order valence-electron chi connectivity index (χ1n) is 2.14. The van der Waals surface area contributed by atoms with Gasteiger partial charge in [-0.05, 0) is 0 Å². The van der Waals surface area contributed by atoms with Crippen LogP contribution in [0.1, 0.15) is 0 Å². The van der Waals surface area contributed by atoms with Crippen molar-refractivity contribution in [2.24, 2.45) is 0 Å². The number of hydrogen-bond acceptors (Lipinski definition) is 5. The second-order valence-corrected chi connectivity index (χ2v) is 3.74. The molecule has 0 aliphatic rings. The van der Waals surface area contributed by atoms with Crippen LogP contribution in [-0.2, 0) is 70.6 Å². The number of rotatable bonds is 2. The quantitative estimate of drug-likeness (QED) is 0.439. The Morgan fingerprint density at radius 3 is 1.21 bits per heavy atom. The maximum atomic E-state index is 10.0. The summed E-state index contributed by atoms with van der Waals surface area (Å²) in [6.45, 7) is 0. The third-order valence-electron chi connectivity index (χ3n) is 0.387. The van der Waals surface area contributed by atoms with Gasteiger partial charge in [-0.3, -0.25) is 19.6 Å². The summed E-state index contributed by atoms with van der Waals surface area (Å²) in [5.41, 5.74) is 0. The van der Waals surface area contributed by atoms with E-state index in [2.05, 4.69) is 9.05 Å². The number of phosphoric ester groups is 2. The average Bonchev–Trinajstić information content (AvgIpc) is 1.49. The largest absolute Gasteiger partial charge is 0.529 e. The van der Waals surface area contributed by atoms with Crippen LogP contribution >= 0.6 is 15.6 Å². The summed E-state index contributed by atoms with van der Waals surface area (Å²) in [4.78, 5) is 41.7. The molecular formula is CH4O9P2Zr2. The van der Waals surface area contributed by atoms with Gasteiger partial charge in [0, 0.05) is 52.4 Å². The first-order valence-corrected chi connectivity index (χ1v) is 5.20. The maximum absolute atomic E-state index is 10.0. The van der Waals surface area contributed by atoms with Crippen molar-refractivity contribution in [1.29, 1.82) is 0 Å². The van der Waals surface area contributed by atoms with E-state index < -0.39 is 21.8 Å². The standard InChI is InChI=1S/CH4O9P2.2Zr/c2-1(9-11(3,4)5)10-12(6,7)8;;/h(H2,3,4,5)(H2,6,7,8);;. The molecule has 80 valence electrons. The van der Waals surface area contributed by atoms with Gasteiger partial charge >= 0.3 is 21.8 Å². The van der Waals surface area contributed by atoms with Crippen LogP contribution in [0.2, 0.25) is 0 Å². The SMILES string of the molecule is O=C(OP(=O)(O)O)OP(=O)(O)O.[Zr].[Zr]. The summed E-state index contributed by atoms with van der Waals surface area (Å²) in [7, 11) is -10.3. The fourth-order valence-electron chi connectivity index (χ4n) is 0.211. The first-order chi connectivity index (χ1) is 5.10. The van der Waals surface area contributed by atoms with Crippen LogP contribution in [-0.4, -0.2) is 25.7 Å². The third kappa shape index (κ3) is 15.8. The van der Waals surface area contributed by atoms with E-state index in [-0.39, 0.29) is 52.4 Å². The molecule has 9 nitrogen and oxygen atoms in total. The zero-order valence-corrected chi connectivity index (χ0v) is 12.9. The summed E-state index contributed by atoms with van der Waals surface area (Å²) < 4.78 is 25.9. The summed E-state index contributed by atoms with van der Waals surface area (Å²) in [5, 5.41) is 0. The van der Waals surface area contributed by atoms with Gasteiger partial charge in [0.1, 0.15) is 0 Å². The van der Waals surface area contributed by atoms with E-state index >= 15 is 0 Å². The van der Waals surface area contributed by atoms with Crippen molar-refractivity contribution in [3.05, 3.63) is 0 Å². The second-order valence-electron chi connectivity index (χ2n) is 1.41. The van der Waals surface area contributed by atoms with Gasteiger partial charge in [0.05, 0.1) is 0 Å². The zero-order chi connectivity index (χ0) is 9.99. The normalized spacial score (nSPS) is 10.6. The van der Waals surface area contributed by atoms with E-state index in [1.807, 2.05) is 0 Å². The molecule has 13 heteroatoms. The number of phosphoric acid groups is 2. The predicted octanol–water partition coefficient (Wildman–Crippen LogP) is -0.680. The van der Waals surface area contributed by atoms with Crippen molar-refractivity contribution >= 4 is 21.8 Å². The smallest absolute Gasteiger partial charge is 0.337 e. The fraction of sp³-hybridized carbons (Fsp3) is 0. The van der Waals surface area contributed by atoms with E-state index in [0.29, 0.717) is 0 Å². The van der Waals surface area contributed by atoms with Gasteiger partial charge in [0.2, 0.25) is 0 Å². The van der Waals surface area contributed by atoms with E-state index in [1.165, 1.54) is 0 Å². The van der Waals surface area contributed by atoms with Crippen LogP contribution in [0.5, 0.6) is 0 Å². The van der Waals surface area contributed by atoms with Crippen LogP contribution in [0.4, 0.5) is 4.79 Å². The Kier molecular flexibility index (Phi) is 11.2. The predicted molar refractivity (Wildman–Crippen MR) is 31.7 cm³/mol. The van der Waals surface area contributed by atoms with Crippen LogP contribution in [0, 0.1) is 0 Å². The van der Waals surface area contributed by atoms with Gasteiger partial charge in [0.15, 0.2) is 0 Å². The molecule has 0 spiro atoms. The Morgan fingerprint density at radius 1 is 0.857 bits per heavy atom. The Morgan fingerprint density at radius 2 is 1.07 bits per heavy atom. The third-order valence-corrected chi connectivity index (χ3v) is 1.16. The monoisotopic (exact) mass is 402 g/mol. The van der Waals surface area contributed by atoms with Crippen molar-refractivity contribution in [2.75, 3.05) is 0 Å². The molecule has 0 aromatic carbocycles. The Hall–Kier alpha value is 1.34. The number of hydrogen-bond donors (Lipinski definition) is 4. The van der Waals surface area contributed by atoms with E-state index in [4.69, 9.17) is 19.6 Å². The minimum absolute atomic E-state index is 0. The molecule has 0 amide bonds. The second kappa shape index (κ2) is 7.58. The topological polar surface area (TPSA) is 151 Å². The summed E-state index contributed by atoms with van der Waals surface area (Å²) in [6, 6.07) is 0. The molecule has 0 atom stereocenters. The minimum atomic E-state index is -5.13. The van der Waals surface area contributed by atoms with Gasteiger partial charge in [-0.25, -0.2) is 13.9 Å². The van der Waals surface area contributed by atoms with Crippen molar-refractivity contribution in [3.8, 4) is 0 Å². The first kappa shape index (κ1) is 20.7. The molecule has 4 N–H and O–H groups in total.